The van der Waals surface area contributed by atoms with Gasteiger partial charge in [-0.1, -0.05) is 44.2 Å². The molecule has 19 heavy (non-hydrogen) atoms. The summed E-state index contributed by atoms with van der Waals surface area (Å²) < 4.78 is 0.404. The molecule has 3 rings (SSSR count). The van der Waals surface area contributed by atoms with Gasteiger partial charge in [-0.3, -0.25) is 0 Å². The highest BCUT2D eigenvalue weighted by Crippen LogP contribution is 2.44. The molecule has 0 radical (unpaired) electrons. The third-order valence-corrected chi connectivity index (χ3v) is 6.03. The Labute approximate surface area is 123 Å². The fourth-order valence-corrected chi connectivity index (χ4v) is 4.90. The zero-order valence-corrected chi connectivity index (χ0v) is 13.1. The van der Waals surface area contributed by atoms with Crippen LogP contribution >= 0.6 is 23.1 Å². The smallest absolute Gasteiger partial charge is 0.0964 e. The first-order valence-electron chi connectivity index (χ1n) is 6.79. The van der Waals surface area contributed by atoms with Crippen molar-refractivity contribution in [2.75, 3.05) is 5.75 Å². The van der Waals surface area contributed by atoms with Crippen LogP contribution in [0.4, 0.5) is 0 Å². The van der Waals surface area contributed by atoms with E-state index in [0.29, 0.717) is 10.7 Å². The third-order valence-electron chi connectivity index (χ3n) is 3.64. The van der Waals surface area contributed by atoms with Gasteiger partial charge in [0.15, 0.2) is 0 Å². The molecule has 0 spiro atoms. The predicted octanol–water partition coefficient (Wildman–Crippen LogP) is 5.20. The van der Waals surface area contributed by atoms with Gasteiger partial charge in [0.25, 0.3) is 0 Å². The zero-order valence-electron chi connectivity index (χ0n) is 11.4. The standard InChI is InChI=1S/C16H19NS2/c1-16(2)10-13(8-9-19-16)15-17-14(11-18-15)12-6-4-3-5-7-12/h3-7,11,13H,8-10H2,1-2H3/t13-/m1/s1. The van der Waals surface area contributed by atoms with Crippen molar-refractivity contribution in [1.82, 2.24) is 4.98 Å². The fraction of sp³-hybridized carbons (Fsp3) is 0.438. The van der Waals surface area contributed by atoms with Crippen LogP contribution in [0.15, 0.2) is 35.7 Å². The van der Waals surface area contributed by atoms with E-state index in [2.05, 4.69) is 61.3 Å². The van der Waals surface area contributed by atoms with Crippen LogP contribution in [-0.2, 0) is 0 Å². The van der Waals surface area contributed by atoms with Crippen molar-refractivity contribution in [3.05, 3.63) is 40.7 Å². The third kappa shape index (κ3) is 3.03. The van der Waals surface area contributed by atoms with Crippen LogP contribution in [0, 0.1) is 0 Å². The van der Waals surface area contributed by atoms with E-state index < -0.39 is 0 Å². The zero-order chi connectivity index (χ0) is 13.3. The minimum absolute atomic E-state index is 0.404. The van der Waals surface area contributed by atoms with Crippen LogP contribution in [0.25, 0.3) is 11.3 Å². The van der Waals surface area contributed by atoms with Gasteiger partial charge in [-0.25, -0.2) is 4.98 Å². The van der Waals surface area contributed by atoms with E-state index in [1.54, 1.807) is 0 Å². The second-order valence-corrected chi connectivity index (χ2v) is 8.43. The molecule has 0 saturated carbocycles. The minimum Gasteiger partial charge on any atom is -0.241 e. The Morgan fingerprint density at radius 3 is 2.74 bits per heavy atom. The monoisotopic (exact) mass is 289 g/mol. The molecule has 0 unspecified atom stereocenters. The first-order chi connectivity index (χ1) is 9.14. The molecule has 0 amide bonds. The highest BCUT2D eigenvalue weighted by molar-refractivity contribution is 8.00. The highest BCUT2D eigenvalue weighted by Gasteiger charge is 2.30. The number of benzene rings is 1. The van der Waals surface area contributed by atoms with Crippen LogP contribution in [-0.4, -0.2) is 15.5 Å². The highest BCUT2D eigenvalue weighted by atomic mass is 32.2. The number of thiazole rings is 1. The Balaban J connectivity index is 1.82. The largest absolute Gasteiger partial charge is 0.241 e. The van der Waals surface area contributed by atoms with Gasteiger partial charge in [0.2, 0.25) is 0 Å². The van der Waals surface area contributed by atoms with E-state index in [4.69, 9.17) is 4.98 Å². The lowest BCUT2D eigenvalue weighted by Gasteiger charge is -2.33. The van der Waals surface area contributed by atoms with Gasteiger partial charge in [-0.2, -0.15) is 11.8 Å². The summed E-state index contributed by atoms with van der Waals surface area (Å²) in [5.41, 5.74) is 2.37. The minimum atomic E-state index is 0.404. The molecule has 0 N–H and O–H groups in total. The van der Waals surface area contributed by atoms with Crippen molar-refractivity contribution in [1.29, 1.82) is 0 Å². The molecule has 1 saturated heterocycles. The molecule has 1 atom stereocenters. The van der Waals surface area contributed by atoms with Crippen molar-refractivity contribution in [3.8, 4) is 11.3 Å². The maximum atomic E-state index is 4.88. The Morgan fingerprint density at radius 1 is 1.21 bits per heavy atom. The molecular formula is C16H19NS2. The normalized spacial score (nSPS) is 22.3. The van der Waals surface area contributed by atoms with Gasteiger partial charge in [0, 0.05) is 21.6 Å². The fourth-order valence-electron chi connectivity index (χ4n) is 2.66. The predicted molar refractivity (Wildman–Crippen MR) is 86.1 cm³/mol. The molecule has 3 heteroatoms. The Hall–Kier alpha value is -0.800. The van der Waals surface area contributed by atoms with Crippen molar-refractivity contribution >= 4 is 23.1 Å². The lowest BCUT2D eigenvalue weighted by Crippen LogP contribution is -2.24. The number of nitrogens with zero attached hydrogens (tertiary/aromatic N) is 1. The molecule has 1 fully saturated rings. The number of hydrogen-bond donors (Lipinski definition) is 0. The lowest BCUT2D eigenvalue weighted by molar-refractivity contribution is 0.504. The van der Waals surface area contributed by atoms with Gasteiger partial charge < -0.3 is 0 Å². The summed E-state index contributed by atoms with van der Waals surface area (Å²) in [5, 5.41) is 3.53. The number of rotatable bonds is 2. The van der Waals surface area contributed by atoms with Crippen LogP contribution in [0.1, 0.15) is 37.6 Å². The Bertz CT molecular complexity index is 545. The Kier molecular flexibility index (Phi) is 3.68. The number of hydrogen-bond acceptors (Lipinski definition) is 3. The molecule has 100 valence electrons. The van der Waals surface area contributed by atoms with E-state index in [1.165, 1.54) is 29.2 Å². The molecule has 2 heterocycles. The summed E-state index contributed by atoms with van der Waals surface area (Å²) >= 11 is 3.93. The first-order valence-corrected chi connectivity index (χ1v) is 8.65. The summed E-state index contributed by atoms with van der Waals surface area (Å²) in [6.07, 6.45) is 2.52. The van der Waals surface area contributed by atoms with Crippen LogP contribution in [0.2, 0.25) is 0 Å². The van der Waals surface area contributed by atoms with Crippen molar-refractivity contribution in [3.63, 3.8) is 0 Å². The molecule has 1 nitrogen and oxygen atoms in total. The molecule has 1 aromatic heterocycles. The summed E-state index contributed by atoms with van der Waals surface area (Å²) in [6, 6.07) is 10.5. The van der Waals surface area contributed by atoms with Crippen LogP contribution in [0.3, 0.4) is 0 Å². The number of aromatic nitrogens is 1. The van der Waals surface area contributed by atoms with Gasteiger partial charge in [-0.05, 0) is 18.6 Å². The average molecular weight is 289 g/mol. The summed E-state index contributed by atoms with van der Waals surface area (Å²) in [4.78, 5) is 4.88. The van der Waals surface area contributed by atoms with Crippen LogP contribution in [0.5, 0.6) is 0 Å². The second kappa shape index (κ2) is 5.29. The van der Waals surface area contributed by atoms with Crippen molar-refractivity contribution in [2.24, 2.45) is 0 Å². The lowest BCUT2D eigenvalue weighted by atomic mass is 9.94. The van der Waals surface area contributed by atoms with Crippen molar-refractivity contribution in [2.45, 2.75) is 37.4 Å². The maximum absolute atomic E-state index is 4.88. The second-order valence-electron chi connectivity index (χ2n) is 5.73. The quantitative estimate of drug-likeness (QED) is 0.753. The van der Waals surface area contributed by atoms with Gasteiger partial charge >= 0.3 is 0 Å². The summed E-state index contributed by atoms with van der Waals surface area (Å²) in [7, 11) is 0. The topological polar surface area (TPSA) is 12.9 Å². The molecule has 1 aromatic carbocycles. The van der Waals surface area contributed by atoms with Gasteiger partial charge in [0.1, 0.15) is 0 Å². The number of thioether (sulfide) groups is 1. The molecule has 0 aliphatic carbocycles. The molecule has 0 bridgehead atoms. The van der Waals surface area contributed by atoms with Gasteiger partial charge in [-0.15, -0.1) is 11.3 Å². The van der Waals surface area contributed by atoms with E-state index in [-0.39, 0.29) is 0 Å². The van der Waals surface area contributed by atoms with E-state index in [9.17, 15) is 0 Å². The average Bonchev–Trinajstić information content (AvgIpc) is 2.88. The van der Waals surface area contributed by atoms with E-state index >= 15 is 0 Å². The van der Waals surface area contributed by atoms with Crippen molar-refractivity contribution < 1.29 is 0 Å². The maximum Gasteiger partial charge on any atom is 0.0964 e. The molecule has 1 aliphatic rings. The van der Waals surface area contributed by atoms with Gasteiger partial charge in [0.05, 0.1) is 10.7 Å². The molecular weight excluding hydrogens is 270 g/mol. The van der Waals surface area contributed by atoms with E-state index in [0.717, 1.165) is 5.69 Å². The molecule has 1 aliphatic heterocycles. The molecule has 2 aromatic rings. The van der Waals surface area contributed by atoms with E-state index in [1.807, 2.05) is 11.3 Å². The SMILES string of the molecule is CC1(C)C[C@H](c2nc(-c3ccccc3)cs2)CCS1. The first kappa shape index (κ1) is 13.2. The Morgan fingerprint density at radius 2 is 2.00 bits per heavy atom. The van der Waals surface area contributed by atoms with Crippen LogP contribution < -0.4 is 0 Å². The summed E-state index contributed by atoms with van der Waals surface area (Å²) in [5.74, 6) is 1.91. The summed E-state index contributed by atoms with van der Waals surface area (Å²) in [6.45, 7) is 4.71.